The van der Waals surface area contributed by atoms with E-state index < -0.39 is 12.1 Å². The van der Waals surface area contributed by atoms with Gasteiger partial charge in [0.05, 0.1) is 14.2 Å². The number of rotatable bonds is 7. The molecule has 0 saturated heterocycles. The predicted molar refractivity (Wildman–Crippen MR) is 92.7 cm³/mol. The third kappa shape index (κ3) is 4.73. The van der Waals surface area contributed by atoms with E-state index in [2.05, 4.69) is 5.32 Å². The highest BCUT2D eigenvalue weighted by atomic mass is 16.6. The Balaban J connectivity index is 2.01. The van der Waals surface area contributed by atoms with Crippen molar-refractivity contribution in [1.82, 2.24) is 5.32 Å². The van der Waals surface area contributed by atoms with Crippen LogP contribution in [0.2, 0.25) is 0 Å². The Morgan fingerprint density at radius 2 is 1.56 bits per heavy atom. The van der Waals surface area contributed by atoms with Gasteiger partial charge in [-0.3, -0.25) is 4.79 Å². The zero-order chi connectivity index (χ0) is 18.2. The van der Waals surface area contributed by atoms with Gasteiger partial charge in [-0.05, 0) is 24.6 Å². The SMILES string of the molecule is COc1cccc(OC)c1C(=O)OC(C)C(=O)NCc1ccccc1. The molecule has 2 aromatic rings. The normalized spacial score (nSPS) is 11.3. The van der Waals surface area contributed by atoms with E-state index in [9.17, 15) is 9.59 Å². The van der Waals surface area contributed by atoms with Gasteiger partial charge in [0.2, 0.25) is 0 Å². The molecule has 6 nitrogen and oxygen atoms in total. The molecule has 1 amide bonds. The molecule has 0 aliphatic carbocycles. The molecule has 0 radical (unpaired) electrons. The first-order valence-electron chi connectivity index (χ1n) is 7.80. The van der Waals surface area contributed by atoms with Crippen LogP contribution in [0.15, 0.2) is 48.5 Å². The highest BCUT2D eigenvalue weighted by Gasteiger charge is 2.24. The predicted octanol–water partition coefficient (Wildman–Crippen LogP) is 2.57. The molecule has 0 saturated carbocycles. The highest BCUT2D eigenvalue weighted by Crippen LogP contribution is 2.29. The first-order valence-corrected chi connectivity index (χ1v) is 7.80. The Bertz CT molecular complexity index is 708. The lowest BCUT2D eigenvalue weighted by Crippen LogP contribution is -2.35. The van der Waals surface area contributed by atoms with Crippen LogP contribution < -0.4 is 14.8 Å². The average Bonchev–Trinajstić information content (AvgIpc) is 2.65. The summed E-state index contributed by atoms with van der Waals surface area (Å²) < 4.78 is 15.6. The molecule has 0 aliphatic heterocycles. The fraction of sp³-hybridized carbons (Fsp3) is 0.263. The van der Waals surface area contributed by atoms with Crippen LogP contribution in [0.5, 0.6) is 11.5 Å². The zero-order valence-electron chi connectivity index (χ0n) is 14.4. The van der Waals surface area contributed by atoms with Crippen molar-refractivity contribution in [3.8, 4) is 11.5 Å². The quantitative estimate of drug-likeness (QED) is 0.782. The number of amides is 1. The number of nitrogens with one attached hydrogen (secondary N) is 1. The molecular formula is C19H21NO5. The number of benzene rings is 2. The summed E-state index contributed by atoms with van der Waals surface area (Å²) >= 11 is 0. The fourth-order valence-corrected chi connectivity index (χ4v) is 2.25. The molecule has 0 aliphatic rings. The van der Waals surface area contributed by atoms with Gasteiger partial charge in [-0.1, -0.05) is 36.4 Å². The maximum atomic E-state index is 12.4. The molecule has 1 atom stereocenters. The van der Waals surface area contributed by atoms with E-state index in [0.717, 1.165) is 5.56 Å². The van der Waals surface area contributed by atoms with Gasteiger partial charge in [0.25, 0.3) is 5.91 Å². The van der Waals surface area contributed by atoms with Crippen LogP contribution in [0.4, 0.5) is 0 Å². The van der Waals surface area contributed by atoms with Crippen molar-refractivity contribution in [2.75, 3.05) is 14.2 Å². The van der Waals surface area contributed by atoms with E-state index >= 15 is 0 Å². The summed E-state index contributed by atoms with van der Waals surface area (Å²) in [4.78, 5) is 24.6. The van der Waals surface area contributed by atoms with Gasteiger partial charge in [-0.25, -0.2) is 4.79 Å². The Morgan fingerprint density at radius 3 is 2.12 bits per heavy atom. The van der Waals surface area contributed by atoms with E-state index in [1.807, 2.05) is 30.3 Å². The third-order valence-electron chi connectivity index (χ3n) is 3.59. The largest absolute Gasteiger partial charge is 0.496 e. The van der Waals surface area contributed by atoms with E-state index in [0.29, 0.717) is 18.0 Å². The van der Waals surface area contributed by atoms with Gasteiger partial charge in [0.15, 0.2) is 6.10 Å². The summed E-state index contributed by atoms with van der Waals surface area (Å²) in [6.07, 6.45) is -0.953. The summed E-state index contributed by atoms with van der Waals surface area (Å²) in [5.74, 6) is -0.426. The molecule has 0 spiro atoms. The molecule has 2 aromatic carbocycles. The molecule has 0 fully saturated rings. The van der Waals surface area contributed by atoms with Crippen LogP contribution in [-0.2, 0) is 16.1 Å². The summed E-state index contributed by atoms with van der Waals surface area (Å²) in [6, 6.07) is 14.4. The van der Waals surface area contributed by atoms with E-state index in [4.69, 9.17) is 14.2 Å². The van der Waals surface area contributed by atoms with Gasteiger partial charge in [0, 0.05) is 6.54 Å². The highest BCUT2D eigenvalue weighted by molar-refractivity contribution is 5.97. The lowest BCUT2D eigenvalue weighted by molar-refractivity contribution is -0.129. The van der Waals surface area contributed by atoms with Gasteiger partial charge >= 0.3 is 5.97 Å². The van der Waals surface area contributed by atoms with Gasteiger partial charge in [0.1, 0.15) is 17.1 Å². The molecule has 132 valence electrons. The lowest BCUT2D eigenvalue weighted by atomic mass is 10.1. The Morgan fingerprint density at radius 1 is 0.960 bits per heavy atom. The molecule has 25 heavy (non-hydrogen) atoms. The number of hydrogen-bond donors (Lipinski definition) is 1. The number of ether oxygens (including phenoxy) is 3. The summed E-state index contributed by atoms with van der Waals surface area (Å²) in [5, 5.41) is 2.73. The van der Waals surface area contributed by atoms with Crippen LogP contribution in [0, 0.1) is 0 Å². The average molecular weight is 343 g/mol. The zero-order valence-corrected chi connectivity index (χ0v) is 14.4. The maximum Gasteiger partial charge on any atom is 0.346 e. The fourth-order valence-electron chi connectivity index (χ4n) is 2.25. The first kappa shape index (κ1) is 18.3. The maximum absolute atomic E-state index is 12.4. The third-order valence-corrected chi connectivity index (χ3v) is 3.59. The standard InChI is InChI=1S/C19H21NO5/c1-13(18(21)20-12-14-8-5-4-6-9-14)25-19(22)17-15(23-2)10-7-11-16(17)24-3/h4-11,13H,12H2,1-3H3,(H,20,21). The van der Waals surface area contributed by atoms with Crippen LogP contribution in [0.1, 0.15) is 22.8 Å². The molecule has 2 rings (SSSR count). The van der Waals surface area contributed by atoms with Crippen LogP contribution in [0.3, 0.4) is 0 Å². The van der Waals surface area contributed by atoms with Gasteiger partial charge in [-0.15, -0.1) is 0 Å². The van der Waals surface area contributed by atoms with Crippen LogP contribution in [0.25, 0.3) is 0 Å². The van der Waals surface area contributed by atoms with Crippen molar-refractivity contribution in [2.45, 2.75) is 19.6 Å². The molecule has 6 heteroatoms. The van der Waals surface area contributed by atoms with Crippen molar-refractivity contribution < 1.29 is 23.8 Å². The van der Waals surface area contributed by atoms with E-state index in [1.54, 1.807) is 18.2 Å². The molecule has 1 unspecified atom stereocenters. The summed E-state index contributed by atoms with van der Waals surface area (Å²) in [5.41, 5.74) is 1.11. The van der Waals surface area contributed by atoms with E-state index in [-0.39, 0.29) is 11.5 Å². The van der Waals surface area contributed by atoms with Crippen molar-refractivity contribution in [3.63, 3.8) is 0 Å². The molecule has 0 aromatic heterocycles. The minimum atomic E-state index is -0.953. The van der Waals surface area contributed by atoms with Crippen molar-refractivity contribution in [2.24, 2.45) is 0 Å². The summed E-state index contributed by atoms with van der Waals surface area (Å²) in [6.45, 7) is 1.87. The molecule has 1 N–H and O–H groups in total. The molecule has 0 heterocycles. The minimum Gasteiger partial charge on any atom is -0.496 e. The van der Waals surface area contributed by atoms with Gasteiger partial charge in [-0.2, -0.15) is 0 Å². The monoisotopic (exact) mass is 343 g/mol. The van der Waals surface area contributed by atoms with Crippen molar-refractivity contribution >= 4 is 11.9 Å². The summed E-state index contributed by atoms with van der Waals surface area (Å²) in [7, 11) is 2.89. The number of carbonyl (C=O) groups is 2. The van der Waals surface area contributed by atoms with Crippen LogP contribution in [-0.4, -0.2) is 32.2 Å². The Labute approximate surface area is 146 Å². The second-order valence-electron chi connectivity index (χ2n) is 5.29. The number of hydrogen-bond acceptors (Lipinski definition) is 5. The lowest BCUT2D eigenvalue weighted by Gasteiger charge is -2.16. The number of methoxy groups -OCH3 is 2. The number of carbonyl (C=O) groups excluding carboxylic acids is 2. The molecular weight excluding hydrogens is 322 g/mol. The topological polar surface area (TPSA) is 73.9 Å². The smallest absolute Gasteiger partial charge is 0.346 e. The second-order valence-corrected chi connectivity index (χ2v) is 5.29. The first-order chi connectivity index (χ1) is 12.1. The van der Waals surface area contributed by atoms with Gasteiger partial charge < -0.3 is 19.5 Å². The van der Waals surface area contributed by atoms with E-state index in [1.165, 1.54) is 21.1 Å². The molecule has 0 bridgehead atoms. The number of esters is 1. The van der Waals surface area contributed by atoms with Crippen molar-refractivity contribution in [3.05, 3.63) is 59.7 Å². The van der Waals surface area contributed by atoms with Crippen LogP contribution >= 0.6 is 0 Å². The van der Waals surface area contributed by atoms with Crippen molar-refractivity contribution in [1.29, 1.82) is 0 Å². The Hall–Kier alpha value is -3.02. The Kier molecular flexibility index (Phi) is 6.39. The minimum absolute atomic E-state index is 0.148. The second kappa shape index (κ2) is 8.73.